The largest absolute Gasteiger partial charge is 0.494 e. The number of H-pyrrole nitrogens is 1. The SMILES string of the molecule is COc1ccc(CN2C3CC2CN(c2ccc(-c4nc(N5CC(C)(O)C5)nc5[nH]ccc45)cn2)C3)cc1F. The fourth-order valence-electron chi connectivity index (χ4n) is 6.07. The molecule has 196 valence electrons. The number of hydrogen-bond acceptors (Lipinski definition) is 8. The molecule has 2 atom stereocenters. The Hall–Kier alpha value is -3.76. The molecule has 4 saturated heterocycles. The summed E-state index contributed by atoms with van der Waals surface area (Å²) in [6.45, 7) is 5.38. The molecule has 0 spiro atoms. The fraction of sp³-hybridized carbons (Fsp3) is 0.393. The summed E-state index contributed by atoms with van der Waals surface area (Å²) in [5.74, 6) is 1.53. The highest BCUT2D eigenvalue weighted by atomic mass is 19.1. The minimum Gasteiger partial charge on any atom is -0.494 e. The number of aromatic amines is 1. The van der Waals surface area contributed by atoms with Crippen LogP contribution >= 0.6 is 0 Å². The molecular formula is C28H30FN7O2. The monoisotopic (exact) mass is 515 g/mol. The average Bonchev–Trinajstić information content (AvgIpc) is 3.39. The third-order valence-corrected chi connectivity index (χ3v) is 8.02. The van der Waals surface area contributed by atoms with Crippen molar-refractivity contribution in [2.45, 2.75) is 37.6 Å². The van der Waals surface area contributed by atoms with Gasteiger partial charge < -0.3 is 24.6 Å². The number of nitrogens with one attached hydrogen (secondary N) is 1. The Morgan fingerprint density at radius 3 is 2.61 bits per heavy atom. The Kier molecular flexibility index (Phi) is 5.31. The van der Waals surface area contributed by atoms with Crippen molar-refractivity contribution in [1.82, 2.24) is 24.8 Å². The number of aromatic nitrogens is 4. The zero-order valence-electron chi connectivity index (χ0n) is 21.4. The molecule has 3 aromatic heterocycles. The number of benzene rings is 1. The van der Waals surface area contributed by atoms with Crippen LogP contribution in [0.15, 0.2) is 48.8 Å². The molecule has 4 aromatic rings. The van der Waals surface area contributed by atoms with Gasteiger partial charge in [0.05, 0.1) is 31.5 Å². The van der Waals surface area contributed by atoms with Gasteiger partial charge in [-0.3, -0.25) is 4.90 Å². The maximum Gasteiger partial charge on any atom is 0.228 e. The van der Waals surface area contributed by atoms with Gasteiger partial charge in [0.2, 0.25) is 5.95 Å². The van der Waals surface area contributed by atoms with E-state index in [4.69, 9.17) is 14.7 Å². The normalized spacial score (nSPS) is 22.3. The molecule has 8 rings (SSSR count). The molecular weight excluding hydrogens is 485 g/mol. The zero-order chi connectivity index (χ0) is 26.0. The Balaban J connectivity index is 1.06. The van der Waals surface area contributed by atoms with E-state index >= 15 is 0 Å². The molecule has 38 heavy (non-hydrogen) atoms. The number of ether oxygens (including phenoxy) is 1. The Labute approximate surface area is 219 Å². The molecule has 2 N–H and O–H groups in total. The second kappa shape index (κ2) is 8.64. The number of halogens is 1. The van der Waals surface area contributed by atoms with Crippen LogP contribution in [-0.4, -0.2) is 80.9 Å². The molecule has 0 saturated carbocycles. The lowest BCUT2D eigenvalue weighted by Crippen LogP contribution is -2.68. The molecule has 4 aliphatic rings. The Bertz CT molecular complexity index is 1490. The number of piperidine rings is 1. The van der Waals surface area contributed by atoms with Crippen molar-refractivity contribution in [3.05, 3.63) is 60.2 Å². The Morgan fingerprint density at radius 1 is 1.11 bits per heavy atom. The molecule has 4 aliphatic heterocycles. The van der Waals surface area contributed by atoms with Gasteiger partial charge in [0.1, 0.15) is 11.5 Å². The number of fused-ring (bicyclic) bond motifs is 3. The van der Waals surface area contributed by atoms with Crippen molar-refractivity contribution in [2.24, 2.45) is 0 Å². The number of piperazine rings is 1. The van der Waals surface area contributed by atoms with Crippen LogP contribution in [0.25, 0.3) is 22.3 Å². The van der Waals surface area contributed by atoms with Crippen molar-refractivity contribution >= 4 is 22.8 Å². The van der Waals surface area contributed by atoms with Crippen molar-refractivity contribution < 1.29 is 14.2 Å². The molecule has 10 heteroatoms. The predicted molar refractivity (Wildman–Crippen MR) is 143 cm³/mol. The number of hydrogen-bond donors (Lipinski definition) is 2. The molecule has 0 radical (unpaired) electrons. The highest BCUT2D eigenvalue weighted by molar-refractivity contribution is 5.91. The molecule has 0 aliphatic carbocycles. The smallest absolute Gasteiger partial charge is 0.228 e. The molecule has 9 nitrogen and oxygen atoms in total. The summed E-state index contributed by atoms with van der Waals surface area (Å²) in [5, 5.41) is 11.1. The van der Waals surface area contributed by atoms with E-state index in [1.165, 1.54) is 7.11 Å². The van der Waals surface area contributed by atoms with Crippen LogP contribution in [0, 0.1) is 5.82 Å². The number of nitrogens with zero attached hydrogens (tertiary/aromatic N) is 6. The molecule has 1 aromatic carbocycles. The maximum absolute atomic E-state index is 14.2. The zero-order valence-corrected chi connectivity index (χ0v) is 21.4. The van der Waals surface area contributed by atoms with Crippen LogP contribution in [0.1, 0.15) is 18.9 Å². The van der Waals surface area contributed by atoms with Gasteiger partial charge in [0.15, 0.2) is 11.6 Å². The van der Waals surface area contributed by atoms with E-state index in [2.05, 4.69) is 31.9 Å². The standard InChI is InChI=1S/C28H30FN7O2/c1-28(37)15-35(16-28)27-32-25(21-7-8-30-26(21)33-27)18-4-6-24(31-11-18)34-13-19-10-20(14-34)36(19)12-17-3-5-23(38-2)22(29)9-17/h3-9,11,19-20,37H,10,12-16H2,1-2H3,(H,30,32,33). The first-order valence-corrected chi connectivity index (χ1v) is 13.0. The summed E-state index contributed by atoms with van der Waals surface area (Å²) in [7, 11) is 1.48. The summed E-state index contributed by atoms with van der Waals surface area (Å²) < 4.78 is 19.2. The van der Waals surface area contributed by atoms with Crippen molar-refractivity contribution in [1.29, 1.82) is 0 Å². The lowest BCUT2D eigenvalue weighted by molar-refractivity contribution is -0.00875. The number of methoxy groups -OCH3 is 1. The highest BCUT2D eigenvalue weighted by Crippen LogP contribution is 2.37. The van der Waals surface area contributed by atoms with Crippen LogP contribution in [0.4, 0.5) is 16.2 Å². The van der Waals surface area contributed by atoms with Gasteiger partial charge in [-0.2, -0.15) is 4.98 Å². The summed E-state index contributed by atoms with van der Waals surface area (Å²) in [6.07, 6.45) is 4.91. The van der Waals surface area contributed by atoms with E-state index in [1.54, 1.807) is 12.1 Å². The first-order valence-electron chi connectivity index (χ1n) is 13.0. The molecule has 7 heterocycles. The van der Waals surface area contributed by atoms with E-state index in [0.717, 1.165) is 59.7 Å². The van der Waals surface area contributed by atoms with E-state index < -0.39 is 5.60 Å². The quantitative estimate of drug-likeness (QED) is 0.405. The number of rotatable bonds is 6. The number of aliphatic hydroxyl groups is 1. The van der Waals surface area contributed by atoms with Gasteiger partial charge in [0, 0.05) is 55.1 Å². The minimum atomic E-state index is -0.701. The van der Waals surface area contributed by atoms with Crippen molar-refractivity contribution in [2.75, 3.05) is 43.1 Å². The number of pyridine rings is 1. The van der Waals surface area contributed by atoms with E-state index in [-0.39, 0.29) is 11.6 Å². The summed E-state index contributed by atoms with van der Waals surface area (Å²) >= 11 is 0. The van der Waals surface area contributed by atoms with E-state index in [0.29, 0.717) is 31.1 Å². The van der Waals surface area contributed by atoms with Gasteiger partial charge in [-0.05, 0) is 49.2 Å². The van der Waals surface area contributed by atoms with Gasteiger partial charge in [-0.1, -0.05) is 6.07 Å². The summed E-state index contributed by atoms with van der Waals surface area (Å²) in [6, 6.07) is 12.2. The van der Waals surface area contributed by atoms with Crippen molar-refractivity contribution in [3.63, 3.8) is 0 Å². The Morgan fingerprint density at radius 2 is 1.92 bits per heavy atom. The van der Waals surface area contributed by atoms with Crippen LogP contribution in [-0.2, 0) is 6.54 Å². The third kappa shape index (κ3) is 3.95. The van der Waals surface area contributed by atoms with Gasteiger partial charge >= 0.3 is 0 Å². The first kappa shape index (κ1) is 23.4. The van der Waals surface area contributed by atoms with Gasteiger partial charge in [-0.15, -0.1) is 0 Å². The fourth-order valence-corrected chi connectivity index (χ4v) is 6.07. The van der Waals surface area contributed by atoms with Crippen LogP contribution in [0.3, 0.4) is 0 Å². The highest BCUT2D eigenvalue weighted by Gasteiger charge is 2.44. The predicted octanol–water partition coefficient (Wildman–Crippen LogP) is 3.20. The van der Waals surface area contributed by atoms with Crippen LogP contribution in [0.2, 0.25) is 0 Å². The lowest BCUT2D eigenvalue weighted by Gasteiger charge is -2.56. The second-order valence-electron chi connectivity index (χ2n) is 11.0. The molecule has 4 fully saturated rings. The maximum atomic E-state index is 14.2. The molecule has 2 bridgehead atoms. The lowest BCUT2D eigenvalue weighted by atomic mass is 9.86. The topological polar surface area (TPSA) is 93.6 Å². The summed E-state index contributed by atoms with van der Waals surface area (Å²) in [4.78, 5) is 24.3. The van der Waals surface area contributed by atoms with E-state index in [9.17, 15) is 9.50 Å². The molecule has 0 amide bonds. The van der Waals surface area contributed by atoms with Crippen molar-refractivity contribution in [3.8, 4) is 17.0 Å². The first-order chi connectivity index (χ1) is 18.4. The van der Waals surface area contributed by atoms with Gasteiger partial charge in [-0.25, -0.2) is 14.4 Å². The third-order valence-electron chi connectivity index (χ3n) is 8.02. The number of anilines is 2. The minimum absolute atomic E-state index is 0.280. The van der Waals surface area contributed by atoms with Crippen LogP contribution < -0.4 is 14.5 Å². The second-order valence-corrected chi connectivity index (χ2v) is 11.0. The molecule has 2 unspecified atom stereocenters. The van der Waals surface area contributed by atoms with E-state index in [1.807, 2.05) is 36.4 Å². The van der Waals surface area contributed by atoms with Crippen LogP contribution in [0.5, 0.6) is 5.75 Å². The van der Waals surface area contributed by atoms with Gasteiger partial charge in [0.25, 0.3) is 0 Å². The average molecular weight is 516 g/mol. The number of β-amino-alcohol motifs (C(OH)–C–C–N with tert-alkyl or cyclic N) is 1. The summed E-state index contributed by atoms with van der Waals surface area (Å²) in [5.41, 5.74) is 2.80.